The molecule has 0 unspecified atom stereocenters. The van der Waals surface area contributed by atoms with Gasteiger partial charge in [-0.05, 0) is 42.0 Å². The molecule has 4 rings (SSSR count). The van der Waals surface area contributed by atoms with Gasteiger partial charge in [0.2, 0.25) is 0 Å². The first-order chi connectivity index (χ1) is 14.8. The van der Waals surface area contributed by atoms with Gasteiger partial charge >= 0.3 is 6.18 Å². The lowest BCUT2D eigenvalue weighted by Crippen LogP contribution is -2.18. The SMILES string of the molecule is O=C(/C=C(\c1ccc2c(c1)OCCO2)C(F)(F)F)Nc1nc(-c2ccc(F)cc2)cs1. The normalized spacial score (nSPS) is 13.7. The van der Waals surface area contributed by atoms with E-state index in [1.54, 1.807) is 5.38 Å². The van der Waals surface area contributed by atoms with Crippen molar-refractivity contribution >= 4 is 27.9 Å². The lowest BCUT2D eigenvalue weighted by atomic mass is 10.0. The minimum absolute atomic E-state index is 0.115. The summed E-state index contributed by atoms with van der Waals surface area (Å²) in [6.45, 7) is 0.535. The number of benzene rings is 2. The van der Waals surface area contributed by atoms with Crippen LogP contribution in [-0.4, -0.2) is 30.3 Å². The molecule has 1 N–H and O–H groups in total. The van der Waals surface area contributed by atoms with Crippen molar-refractivity contribution in [2.24, 2.45) is 0 Å². The molecule has 0 saturated carbocycles. The van der Waals surface area contributed by atoms with Gasteiger partial charge in [-0.1, -0.05) is 6.07 Å². The number of halogens is 4. The number of anilines is 1. The first-order valence-corrected chi connectivity index (χ1v) is 9.89. The zero-order valence-corrected chi connectivity index (χ0v) is 16.5. The number of alkyl halides is 3. The fourth-order valence-electron chi connectivity index (χ4n) is 2.90. The number of hydrogen-bond donors (Lipinski definition) is 1. The van der Waals surface area contributed by atoms with Crippen molar-refractivity contribution in [3.8, 4) is 22.8 Å². The molecule has 1 amide bonds. The Morgan fingerprint density at radius 1 is 1.06 bits per heavy atom. The Hall–Kier alpha value is -3.40. The molecule has 3 aromatic rings. The molecule has 0 bridgehead atoms. The zero-order valence-electron chi connectivity index (χ0n) is 15.7. The number of thiazole rings is 1. The number of allylic oxidation sites excluding steroid dienone is 1. The first kappa shape index (κ1) is 20.9. The second-order valence-electron chi connectivity index (χ2n) is 6.45. The van der Waals surface area contributed by atoms with E-state index in [-0.39, 0.29) is 23.1 Å². The molecule has 2 heterocycles. The van der Waals surface area contributed by atoms with Crippen molar-refractivity contribution in [3.05, 3.63) is 65.3 Å². The zero-order chi connectivity index (χ0) is 22.0. The van der Waals surface area contributed by atoms with E-state index in [0.29, 0.717) is 29.7 Å². The molecule has 0 saturated heterocycles. The number of hydrogen-bond acceptors (Lipinski definition) is 5. The molecular weight excluding hydrogens is 436 g/mol. The summed E-state index contributed by atoms with van der Waals surface area (Å²) < 4.78 is 64.6. The predicted octanol–water partition coefficient (Wildman–Crippen LogP) is 5.30. The Labute approximate surface area is 178 Å². The lowest BCUT2D eigenvalue weighted by Gasteiger charge is -2.20. The second kappa shape index (κ2) is 8.38. The number of amides is 1. The molecule has 5 nitrogen and oxygen atoms in total. The third-order valence-electron chi connectivity index (χ3n) is 4.31. The van der Waals surface area contributed by atoms with Crippen LogP contribution in [0.1, 0.15) is 5.56 Å². The van der Waals surface area contributed by atoms with Crippen LogP contribution >= 0.6 is 11.3 Å². The van der Waals surface area contributed by atoms with Gasteiger partial charge in [-0.3, -0.25) is 10.1 Å². The number of fused-ring (bicyclic) bond motifs is 1. The van der Waals surface area contributed by atoms with E-state index < -0.39 is 23.5 Å². The molecule has 31 heavy (non-hydrogen) atoms. The molecule has 0 atom stereocenters. The van der Waals surface area contributed by atoms with E-state index in [0.717, 1.165) is 11.3 Å². The minimum Gasteiger partial charge on any atom is -0.486 e. The largest absolute Gasteiger partial charge is 0.486 e. The summed E-state index contributed by atoms with van der Waals surface area (Å²) in [7, 11) is 0. The highest BCUT2D eigenvalue weighted by Gasteiger charge is 2.36. The van der Waals surface area contributed by atoms with Gasteiger partial charge in [-0.2, -0.15) is 13.2 Å². The highest BCUT2D eigenvalue weighted by atomic mass is 32.1. The molecule has 0 spiro atoms. The molecule has 2 aromatic carbocycles. The van der Waals surface area contributed by atoms with E-state index in [2.05, 4.69) is 10.3 Å². The number of aromatic nitrogens is 1. The summed E-state index contributed by atoms with van der Waals surface area (Å²) in [5.41, 5.74) is -0.275. The second-order valence-corrected chi connectivity index (χ2v) is 7.31. The topological polar surface area (TPSA) is 60.5 Å². The number of rotatable bonds is 4. The predicted molar refractivity (Wildman–Crippen MR) is 108 cm³/mol. The average Bonchev–Trinajstić information content (AvgIpc) is 3.19. The van der Waals surface area contributed by atoms with Gasteiger partial charge in [0, 0.05) is 17.0 Å². The summed E-state index contributed by atoms with van der Waals surface area (Å²) in [6.07, 6.45) is -4.30. The maximum Gasteiger partial charge on any atom is 0.417 e. The Kier molecular flexibility index (Phi) is 5.64. The summed E-state index contributed by atoms with van der Waals surface area (Å²) in [5.74, 6) is -0.862. The maximum absolute atomic E-state index is 13.6. The van der Waals surface area contributed by atoms with Gasteiger partial charge in [0.1, 0.15) is 19.0 Å². The molecular formula is C21H14F4N2O3S. The fraction of sp³-hybridized carbons (Fsp3) is 0.143. The van der Waals surface area contributed by atoms with Crippen LogP contribution in [-0.2, 0) is 4.79 Å². The molecule has 0 fully saturated rings. The van der Waals surface area contributed by atoms with Gasteiger partial charge in [0.05, 0.1) is 11.3 Å². The monoisotopic (exact) mass is 450 g/mol. The standard InChI is InChI=1S/C21H14F4N2O3S/c22-14-4-1-12(2-5-14)16-11-31-20(26-16)27-19(28)10-15(21(23,24)25)13-3-6-17-18(9-13)30-8-7-29-17/h1-6,9-11H,7-8H2,(H,26,27,28)/b15-10+. The molecule has 10 heteroatoms. The lowest BCUT2D eigenvalue weighted by molar-refractivity contribution is -0.112. The van der Waals surface area contributed by atoms with Crippen molar-refractivity contribution in [3.63, 3.8) is 0 Å². The van der Waals surface area contributed by atoms with Crippen molar-refractivity contribution in [1.29, 1.82) is 0 Å². The summed E-state index contributed by atoms with van der Waals surface area (Å²) in [6, 6.07) is 9.33. The Bertz CT molecular complexity index is 1140. The van der Waals surface area contributed by atoms with Crippen LogP contribution in [0.4, 0.5) is 22.7 Å². The number of carbonyl (C=O) groups excluding carboxylic acids is 1. The van der Waals surface area contributed by atoms with E-state index in [4.69, 9.17) is 9.47 Å². The van der Waals surface area contributed by atoms with Crippen LogP contribution in [0.5, 0.6) is 11.5 Å². The number of nitrogens with one attached hydrogen (secondary N) is 1. The van der Waals surface area contributed by atoms with Crippen LogP contribution in [0, 0.1) is 5.82 Å². The summed E-state index contributed by atoms with van der Waals surface area (Å²) >= 11 is 1.04. The Balaban J connectivity index is 1.56. The Morgan fingerprint density at radius 2 is 1.77 bits per heavy atom. The fourth-order valence-corrected chi connectivity index (χ4v) is 3.62. The molecule has 0 aliphatic carbocycles. The van der Waals surface area contributed by atoms with Gasteiger partial charge < -0.3 is 9.47 Å². The van der Waals surface area contributed by atoms with Crippen LogP contribution < -0.4 is 14.8 Å². The Morgan fingerprint density at radius 3 is 2.48 bits per heavy atom. The first-order valence-electron chi connectivity index (χ1n) is 9.01. The van der Waals surface area contributed by atoms with Crippen LogP contribution in [0.3, 0.4) is 0 Å². The number of nitrogens with zero attached hydrogens (tertiary/aromatic N) is 1. The average molecular weight is 450 g/mol. The summed E-state index contributed by atoms with van der Waals surface area (Å²) in [4.78, 5) is 16.5. The molecule has 160 valence electrons. The van der Waals surface area contributed by atoms with Crippen molar-refractivity contribution < 1.29 is 31.8 Å². The van der Waals surface area contributed by atoms with Crippen molar-refractivity contribution in [2.75, 3.05) is 18.5 Å². The molecule has 1 aliphatic rings. The molecule has 1 aromatic heterocycles. The minimum atomic E-state index is -4.77. The highest BCUT2D eigenvalue weighted by molar-refractivity contribution is 7.14. The van der Waals surface area contributed by atoms with Crippen molar-refractivity contribution in [2.45, 2.75) is 6.18 Å². The van der Waals surface area contributed by atoms with Gasteiger partial charge in [-0.25, -0.2) is 9.37 Å². The van der Waals surface area contributed by atoms with Gasteiger partial charge in [0.25, 0.3) is 5.91 Å². The van der Waals surface area contributed by atoms with Crippen molar-refractivity contribution in [1.82, 2.24) is 4.98 Å². The molecule has 1 aliphatic heterocycles. The highest BCUT2D eigenvalue weighted by Crippen LogP contribution is 2.39. The summed E-state index contributed by atoms with van der Waals surface area (Å²) in [5, 5.41) is 4.06. The van der Waals surface area contributed by atoms with E-state index in [1.165, 1.54) is 42.5 Å². The van der Waals surface area contributed by atoms with Gasteiger partial charge in [0.15, 0.2) is 16.6 Å². The number of carbonyl (C=O) groups is 1. The molecule has 0 radical (unpaired) electrons. The van der Waals surface area contributed by atoms with E-state index >= 15 is 0 Å². The quantitative estimate of drug-likeness (QED) is 0.433. The van der Waals surface area contributed by atoms with E-state index in [1.807, 2.05) is 0 Å². The van der Waals surface area contributed by atoms with Crippen LogP contribution in [0.2, 0.25) is 0 Å². The van der Waals surface area contributed by atoms with Crippen LogP contribution in [0.25, 0.3) is 16.8 Å². The van der Waals surface area contributed by atoms with Gasteiger partial charge in [-0.15, -0.1) is 11.3 Å². The third kappa shape index (κ3) is 4.85. The van der Waals surface area contributed by atoms with Crippen LogP contribution in [0.15, 0.2) is 53.9 Å². The van der Waals surface area contributed by atoms with E-state index in [9.17, 15) is 22.4 Å². The third-order valence-corrected chi connectivity index (χ3v) is 5.07. The number of ether oxygens (including phenoxy) is 2. The maximum atomic E-state index is 13.6. The smallest absolute Gasteiger partial charge is 0.417 e.